The highest BCUT2D eigenvalue weighted by Gasteiger charge is 2.27. The third-order valence-electron chi connectivity index (χ3n) is 3.98. The van der Waals surface area contributed by atoms with Crippen molar-refractivity contribution in [2.24, 2.45) is 16.8 Å². The maximum absolute atomic E-state index is 10.4. The van der Waals surface area contributed by atoms with Crippen LogP contribution in [0.25, 0.3) is 0 Å². The molecule has 0 spiro atoms. The van der Waals surface area contributed by atoms with Crippen LogP contribution in [0.15, 0.2) is 23.2 Å². The molecule has 1 aromatic rings. The summed E-state index contributed by atoms with van der Waals surface area (Å²) in [7, 11) is 1.73. The van der Waals surface area contributed by atoms with E-state index >= 15 is 0 Å². The molecule has 2 nitrogen and oxygen atoms in total. The van der Waals surface area contributed by atoms with Crippen LogP contribution in [0.3, 0.4) is 0 Å². The summed E-state index contributed by atoms with van der Waals surface area (Å²) < 4.78 is 0. The number of nitrogens with zero attached hydrogens (tertiary/aromatic N) is 1. The van der Waals surface area contributed by atoms with E-state index < -0.39 is 0 Å². The minimum atomic E-state index is 0.425. The highest BCUT2D eigenvalue weighted by atomic mass is 16.3. The van der Waals surface area contributed by atoms with Crippen LogP contribution < -0.4 is 0 Å². The lowest BCUT2D eigenvalue weighted by molar-refractivity contribution is 0.265. The van der Waals surface area contributed by atoms with Crippen molar-refractivity contribution in [3.63, 3.8) is 0 Å². The van der Waals surface area contributed by atoms with Crippen molar-refractivity contribution in [3.8, 4) is 5.75 Å². The van der Waals surface area contributed by atoms with Gasteiger partial charge in [0.15, 0.2) is 0 Å². The topological polar surface area (TPSA) is 32.6 Å². The second kappa shape index (κ2) is 5.55. The van der Waals surface area contributed by atoms with Crippen molar-refractivity contribution in [2.75, 3.05) is 7.05 Å². The van der Waals surface area contributed by atoms with Gasteiger partial charge in [0.05, 0.1) is 0 Å². The van der Waals surface area contributed by atoms with Gasteiger partial charge in [-0.15, -0.1) is 0 Å². The number of aromatic hydroxyl groups is 1. The summed E-state index contributed by atoms with van der Waals surface area (Å²) in [5.41, 5.74) is 1.94. The van der Waals surface area contributed by atoms with Crippen molar-refractivity contribution >= 4 is 6.21 Å². The lowest BCUT2D eigenvalue weighted by atomic mass is 9.73. The van der Waals surface area contributed by atoms with Gasteiger partial charge in [0.1, 0.15) is 5.75 Å². The third-order valence-corrected chi connectivity index (χ3v) is 3.98. The van der Waals surface area contributed by atoms with Crippen LogP contribution in [-0.4, -0.2) is 18.4 Å². The molecule has 0 bridgehead atoms. The summed E-state index contributed by atoms with van der Waals surface area (Å²) in [5.74, 6) is 2.42. The molecule has 0 saturated heterocycles. The Morgan fingerprint density at radius 2 is 1.83 bits per heavy atom. The first-order valence-electron chi connectivity index (χ1n) is 6.85. The van der Waals surface area contributed by atoms with Crippen molar-refractivity contribution in [2.45, 2.75) is 39.0 Å². The van der Waals surface area contributed by atoms with Crippen LogP contribution >= 0.6 is 0 Å². The molecule has 18 heavy (non-hydrogen) atoms. The summed E-state index contributed by atoms with van der Waals surface area (Å²) in [4.78, 5) is 4.00. The van der Waals surface area contributed by atoms with E-state index in [-0.39, 0.29) is 0 Å². The van der Waals surface area contributed by atoms with Gasteiger partial charge in [-0.1, -0.05) is 26.0 Å². The Hall–Kier alpha value is -1.31. The molecule has 0 heterocycles. The first kappa shape index (κ1) is 13.1. The Bertz CT molecular complexity index is 429. The summed E-state index contributed by atoms with van der Waals surface area (Å²) >= 11 is 0. The molecule has 0 amide bonds. The SMILES string of the molecule is C/N=C/c1cccc(C2CC(C)CC(C)C2)c1O. The lowest BCUT2D eigenvalue weighted by Gasteiger charge is -2.32. The molecule has 0 aromatic heterocycles. The van der Waals surface area contributed by atoms with E-state index in [4.69, 9.17) is 0 Å². The standard InChI is InChI=1S/C16H23NO/c1-11-7-12(2)9-14(8-11)15-6-4-5-13(10-17-3)16(15)18/h4-6,10-12,14,18H,7-9H2,1-3H3/b17-10+. The smallest absolute Gasteiger partial charge is 0.127 e. The van der Waals surface area contributed by atoms with E-state index in [1.807, 2.05) is 12.1 Å². The molecule has 1 N–H and O–H groups in total. The number of aliphatic imine (C=N–C) groups is 1. The molecule has 2 rings (SSSR count). The van der Waals surface area contributed by atoms with E-state index in [0.717, 1.165) is 23.0 Å². The van der Waals surface area contributed by atoms with Crippen molar-refractivity contribution < 1.29 is 5.11 Å². The highest BCUT2D eigenvalue weighted by Crippen LogP contribution is 2.42. The predicted octanol–water partition coefficient (Wildman–Crippen LogP) is 3.98. The van der Waals surface area contributed by atoms with E-state index in [2.05, 4.69) is 24.9 Å². The summed E-state index contributed by atoms with van der Waals surface area (Å²) in [6.07, 6.45) is 5.41. The molecule has 2 unspecified atom stereocenters. The lowest BCUT2D eigenvalue weighted by Crippen LogP contribution is -2.18. The van der Waals surface area contributed by atoms with Gasteiger partial charge in [0.25, 0.3) is 0 Å². The van der Waals surface area contributed by atoms with Gasteiger partial charge in [-0.05, 0) is 48.6 Å². The van der Waals surface area contributed by atoms with Crippen LogP contribution in [0, 0.1) is 11.8 Å². The van der Waals surface area contributed by atoms with E-state index in [0.29, 0.717) is 11.7 Å². The molecule has 0 radical (unpaired) electrons. The van der Waals surface area contributed by atoms with Crippen LogP contribution in [0.5, 0.6) is 5.75 Å². The number of benzene rings is 1. The van der Waals surface area contributed by atoms with Gasteiger partial charge in [-0.25, -0.2) is 0 Å². The number of hydrogen-bond acceptors (Lipinski definition) is 2. The summed E-state index contributed by atoms with van der Waals surface area (Å²) in [5, 5.41) is 10.4. The Labute approximate surface area is 110 Å². The minimum Gasteiger partial charge on any atom is -0.507 e. The Kier molecular flexibility index (Phi) is 4.05. The number of phenolic OH excluding ortho intramolecular Hbond substituents is 1. The molecule has 1 saturated carbocycles. The zero-order chi connectivity index (χ0) is 13.1. The quantitative estimate of drug-likeness (QED) is 0.785. The zero-order valence-corrected chi connectivity index (χ0v) is 11.6. The molecule has 2 heteroatoms. The van der Waals surface area contributed by atoms with Gasteiger partial charge in [-0.3, -0.25) is 4.99 Å². The van der Waals surface area contributed by atoms with Gasteiger partial charge < -0.3 is 5.11 Å². The average molecular weight is 245 g/mol. The van der Waals surface area contributed by atoms with E-state index in [1.54, 1.807) is 13.3 Å². The Morgan fingerprint density at radius 1 is 1.17 bits per heavy atom. The Morgan fingerprint density at radius 3 is 2.44 bits per heavy atom. The van der Waals surface area contributed by atoms with Crippen LogP contribution in [0.2, 0.25) is 0 Å². The van der Waals surface area contributed by atoms with Crippen molar-refractivity contribution in [1.29, 1.82) is 0 Å². The molecule has 1 aliphatic carbocycles. The van der Waals surface area contributed by atoms with Gasteiger partial charge in [0.2, 0.25) is 0 Å². The Balaban J connectivity index is 2.30. The minimum absolute atomic E-state index is 0.425. The van der Waals surface area contributed by atoms with Crippen LogP contribution in [0.4, 0.5) is 0 Å². The monoisotopic (exact) mass is 245 g/mol. The normalized spacial score (nSPS) is 28.7. The molecule has 98 valence electrons. The zero-order valence-electron chi connectivity index (χ0n) is 11.6. The summed E-state index contributed by atoms with van der Waals surface area (Å²) in [6.45, 7) is 4.63. The second-order valence-electron chi connectivity index (χ2n) is 5.79. The molecule has 1 aliphatic rings. The molecular formula is C16H23NO. The largest absolute Gasteiger partial charge is 0.507 e. The molecule has 1 aromatic carbocycles. The number of rotatable bonds is 2. The van der Waals surface area contributed by atoms with Crippen LogP contribution in [0.1, 0.15) is 50.2 Å². The molecule has 2 atom stereocenters. The maximum atomic E-state index is 10.4. The molecule has 1 fully saturated rings. The molecular weight excluding hydrogens is 222 g/mol. The van der Waals surface area contributed by atoms with E-state index in [1.165, 1.54) is 19.3 Å². The molecule has 0 aliphatic heterocycles. The number of phenols is 1. The number of para-hydroxylation sites is 1. The number of hydrogen-bond donors (Lipinski definition) is 1. The average Bonchev–Trinajstić information content (AvgIpc) is 2.31. The van der Waals surface area contributed by atoms with E-state index in [9.17, 15) is 5.11 Å². The highest BCUT2D eigenvalue weighted by molar-refractivity contribution is 5.84. The third kappa shape index (κ3) is 2.74. The fourth-order valence-corrected chi connectivity index (χ4v) is 3.35. The van der Waals surface area contributed by atoms with Crippen molar-refractivity contribution in [3.05, 3.63) is 29.3 Å². The van der Waals surface area contributed by atoms with Crippen molar-refractivity contribution in [1.82, 2.24) is 0 Å². The second-order valence-corrected chi connectivity index (χ2v) is 5.79. The van der Waals surface area contributed by atoms with Crippen LogP contribution in [-0.2, 0) is 0 Å². The van der Waals surface area contributed by atoms with Gasteiger partial charge in [-0.2, -0.15) is 0 Å². The van der Waals surface area contributed by atoms with Gasteiger partial charge in [0, 0.05) is 18.8 Å². The fourth-order valence-electron chi connectivity index (χ4n) is 3.35. The fraction of sp³-hybridized carbons (Fsp3) is 0.562. The van der Waals surface area contributed by atoms with Gasteiger partial charge >= 0.3 is 0 Å². The first-order chi connectivity index (χ1) is 8.61. The summed E-state index contributed by atoms with van der Waals surface area (Å²) in [6, 6.07) is 6.01. The maximum Gasteiger partial charge on any atom is 0.127 e. The first-order valence-corrected chi connectivity index (χ1v) is 6.85. The predicted molar refractivity (Wildman–Crippen MR) is 76.5 cm³/mol.